The second-order valence-corrected chi connectivity index (χ2v) is 15.6. The monoisotopic (exact) mass is 835 g/mol. The number of nitrogens with one attached hydrogen (secondary N) is 1. The summed E-state index contributed by atoms with van der Waals surface area (Å²) in [6.45, 7) is 22.0. The molecule has 0 aliphatic carbocycles. The Kier molecular flexibility index (Phi) is 11.9. The zero-order valence-electron chi connectivity index (χ0n) is 33.0. The number of aromatic nitrogens is 4. The second kappa shape index (κ2) is 17.4. The van der Waals surface area contributed by atoms with Gasteiger partial charge in [-0.3, -0.25) is 19.0 Å². The van der Waals surface area contributed by atoms with Crippen molar-refractivity contribution in [2.24, 2.45) is 0 Å². The van der Waals surface area contributed by atoms with E-state index in [1.807, 2.05) is 55.1 Å². The van der Waals surface area contributed by atoms with Gasteiger partial charge in [-0.25, -0.2) is 9.69 Å². The van der Waals surface area contributed by atoms with E-state index in [0.717, 1.165) is 22.3 Å². The van der Waals surface area contributed by atoms with Crippen LogP contribution >= 0.6 is 23.2 Å². The number of nitrogens with zero attached hydrogens (tertiary/aromatic N) is 9. The Morgan fingerprint density at radius 3 is 1.65 bits per heavy atom. The topological polar surface area (TPSA) is 147 Å². The van der Waals surface area contributed by atoms with Gasteiger partial charge in [-0.1, -0.05) is 71.7 Å². The first kappa shape index (κ1) is 41.1. The molecule has 6 aromatic rings. The largest absolute Gasteiger partial charge is 0.398 e. The summed E-state index contributed by atoms with van der Waals surface area (Å²) in [7, 11) is 0. The number of nitriles is 1. The lowest BCUT2D eigenvalue weighted by molar-refractivity contribution is 0.0645. The zero-order valence-corrected chi connectivity index (χ0v) is 34.5. The Labute approximate surface area is 357 Å². The molecule has 0 saturated heterocycles. The highest BCUT2D eigenvalue weighted by molar-refractivity contribution is 6.31. The smallest absolute Gasteiger partial charge is 0.272 e. The predicted molar refractivity (Wildman–Crippen MR) is 233 cm³/mol. The standard InChI is InChI=1S/C24H21ClN6O.C21H18ClN5O/c1-15(12-26)28-21-10-18(25)6-9-20(21)22-11-23-24(32)30(13-16(2)31(23)29-22)14-17-4-7-19(27-3)8-5-17;1-13-11-26(12-14-3-6-16(24-2)7-4-14)21(28)20-10-19(25-27(13)20)17-8-5-15(22)9-18(17)23/h4-11,15-16,28H,13-14H2,1-2H3;3-10,13H,11-12,23H2,1H3/t15?,16-;13-/m00/s1. The molecule has 0 saturated carbocycles. The Hall–Kier alpha value is -7.11. The molecule has 0 radical (unpaired) electrons. The summed E-state index contributed by atoms with van der Waals surface area (Å²) in [5.74, 6) is -0.163. The summed E-state index contributed by atoms with van der Waals surface area (Å²) < 4.78 is 3.53. The second-order valence-electron chi connectivity index (χ2n) is 14.8. The Balaban J connectivity index is 0.000000183. The van der Waals surface area contributed by atoms with E-state index < -0.39 is 6.04 Å². The van der Waals surface area contributed by atoms with Gasteiger partial charge < -0.3 is 20.9 Å². The maximum atomic E-state index is 13.2. The van der Waals surface area contributed by atoms with Crippen molar-refractivity contribution < 1.29 is 9.59 Å². The average Bonchev–Trinajstić information content (AvgIpc) is 3.90. The van der Waals surface area contributed by atoms with Crippen molar-refractivity contribution in [2.75, 3.05) is 24.1 Å². The molecule has 0 bridgehead atoms. The van der Waals surface area contributed by atoms with Crippen LogP contribution in [0.4, 0.5) is 22.7 Å². The molecule has 4 heterocycles. The first-order chi connectivity index (χ1) is 28.8. The molecule has 60 heavy (non-hydrogen) atoms. The van der Waals surface area contributed by atoms with Crippen molar-refractivity contribution in [3.63, 3.8) is 0 Å². The van der Waals surface area contributed by atoms with Gasteiger partial charge in [-0.2, -0.15) is 15.5 Å². The van der Waals surface area contributed by atoms with Gasteiger partial charge in [0, 0.05) is 58.7 Å². The summed E-state index contributed by atoms with van der Waals surface area (Å²) in [5.41, 5.74) is 14.3. The summed E-state index contributed by atoms with van der Waals surface area (Å²) in [6, 6.07) is 30.6. The number of amides is 2. The highest BCUT2D eigenvalue weighted by Crippen LogP contribution is 2.35. The van der Waals surface area contributed by atoms with Crippen LogP contribution in [0, 0.1) is 24.5 Å². The van der Waals surface area contributed by atoms with E-state index in [9.17, 15) is 14.9 Å². The normalized spacial score (nSPS) is 16.0. The van der Waals surface area contributed by atoms with Gasteiger partial charge in [0.25, 0.3) is 11.8 Å². The number of hydrogen-bond acceptors (Lipinski definition) is 7. The molecule has 3 atom stereocenters. The fourth-order valence-electron chi connectivity index (χ4n) is 7.28. The lowest BCUT2D eigenvalue weighted by Gasteiger charge is -2.31. The van der Waals surface area contributed by atoms with Crippen LogP contribution in [0.15, 0.2) is 97.1 Å². The molecule has 2 aliphatic rings. The first-order valence-corrected chi connectivity index (χ1v) is 19.8. The van der Waals surface area contributed by atoms with E-state index >= 15 is 0 Å². The summed E-state index contributed by atoms with van der Waals surface area (Å²) >= 11 is 12.2. The minimum absolute atomic E-state index is 0.000654. The van der Waals surface area contributed by atoms with E-state index in [2.05, 4.69) is 26.2 Å². The highest BCUT2D eigenvalue weighted by atomic mass is 35.5. The third-order valence-corrected chi connectivity index (χ3v) is 10.7. The Bertz CT molecular complexity index is 2720. The molecule has 1 unspecified atom stereocenters. The van der Waals surface area contributed by atoms with Gasteiger partial charge >= 0.3 is 0 Å². The SMILES string of the molecule is [C-]#[N+]c1ccc(CN2C[C@H](C)n3nc(-c4ccc(Cl)cc4N)cc3C2=O)cc1.[C-]#[N+]c1ccc(CN2C[C@H](C)n3nc(-c4ccc(Cl)cc4NC(C)C#N)cc3C2=O)cc1. The van der Waals surface area contributed by atoms with E-state index in [-0.39, 0.29) is 23.9 Å². The number of carbonyl (C=O) groups is 2. The van der Waals surface area contributed by atoms with Crippen LogP contribution in [-0.4, -0.2) is 60.3 Å². The number of nitrogen functional groups attached to an aromatic ring is 1. The fraction of sp³-hybridized carbons (Fsp3) is 0.222. The lowest BCUT2D eigenvalue weighted by atomic mass is 10.1. The number of nitrogens with two attached hydrogens (primary N) is 1. The number of benzene rings is 4. The molecule has 2 amide bonds. The fourth-order valence-corrected chi connectivity index (χ4v) is 7.64. The van der Waals surface area contributed by atoms with E-state index in [0.29, 0.717) is 81.7 Å². The average molecular weight is 837 g/mol. The van der Waals surface area contributed by atoms with Crippen molar-refractivity contribution in [2.45, 2.75) is 52.0 Å². The number of rotatable bonds is 8. The molecular formula is C45H39Cl2N11O2. The molecule has 0 spiro atoms. The molecule has 8 rings (SSSR count). The molecule has 300 valence electrons. The maximum Gasteiger partial charge on any atom is 0.272 e. The Morgan fingerprint density at radius 2 is 1.20 bits per heavy atom. The molecule has 15 heteroatoms. The van der Waals surface area contributed by atoms with Crippen LogP contribution in [0.1, 0.15) is 65.0 Å². The van der Waals surface area contributed by atoms with Gasteiger partial charge in [0.1, 0.15) is 17.4 Å². The third kappa shape index (κ3) is 8.67. The summed E-state index contributed by atoms with van der Waals surface area (Å²) in [6.07, 6.45) is 0. The van der Waals surface area contributed by atoms with Gasteiger partial charge in [-0.05, 0) is 80.4 Å². The van der Waals surface area contributed by atoms with E-state index in [1.54, 1.807) is 81.9 Å². The van der Waals surface area contributed by atoms with Gasteiger partial charge in [-0.15, -0.1) is 0 Å². The quantitative estimate of drug-likeness (QED) is 0.115. The summed E-state index contributed by atoms with van der Waals surface area (Å²) in [4.78, 5) is 36.7. The van der Waals surface area contributed by atoms with Crippen molar-refractivity contribution in [1.82, 2.24) is 29.4 Å². The zero-order chi connectivity index (χ0) is 42.7. The molecule has 2 aliphatic heterocycles. The van der Waals surface area contributed by atoms with Crippen LogP contribution in [0.25, 0.3) is 32.2 Å². The van der Waals surface area contributed by atoms with Gasteiger partial charge in [0.15, 0.2) is 11.4 Å². The van der Waals surface area contributed by atoms with Crippen molar-refractivity contribution >= 4 is 57.8 Å². The Morgan fingerprint density at radius 1 is 0.750 bits per heavy atom. The maximum absolute atomic E-state index is 13.2. The van der Waals surface area contributed by atoms with Crippen LogP contribution in [0.3, 0.4) is 0 Å². The number of halogens is 2. The van der Waals surface area contributed by atoms with Crippen molar-refractivity contribution in [1.29, 1.82) is 5.26 Å². The van der Waals surface area contributed by atoms with Crippen LogP contribution in [-0.2, 0) is 13.1 Å². The van der Waals surface area contributed by atoms with Crippen molar-refractivity contribution in [3.8, 4) is 28.6 Å². The van der Waals surface area contributed by atoms with Crippen LogP contribution < -0.4 is 11.1 Å². The number of carbonyl (C=O) groups excluding carboxylic acids is 2. The summed E-state index contributed by atoms with van der Waals surface area (Å²) in [5, 5.41) is 22.8. The predicted octanol–water partition coefficient (Wildman–Crippen LogP) is 9.85. The number of anilines is 2. The molecule has 0 fully saturated rings. The number of fused-ring (bicyclic) bond motifs is 2. The molecule has 3 N–H and O–H groups in total. The molecule has 2 aromatic heterocycles. The van der Waals surface area contributed by atoms with Gasteiger partial charge in [0.2, 0.25) is 0 Å². The minimum Gasteiger partial charge on any atom is -0.398 e. The minimum atomic E-state index is -0.408. The van der Waals surface area contributed by atoms with Crippen LogP contribution in [0.2, 0.25) is 10.0 Å². The van der Waals surface area contributed by atoms with Gasteiger partial charge in [0.05, 0.1) is 42.7 Å². The van der Waals surface area contributed by atoms with Crippen LogP contribution in [0.5, 0.6) is 0 Å². The van der Waals surface area contributed by atoms with E-state index in [1.165, 1.54) is 0 Å². The lowest BCUT2D eigenvalue weighted by Crippen LogP contribution is -2.41. The molecule has 4 aromatic carbocycles. The molecular weight excluding hydrogens is 797 g/mol. The molecule has 13 nitrogen and oxygen atoms in total. The third-order valence-electron chi connectivity index (χ3n) is 10.3. The number of hydrogen-bond donors (Lipinski definition) is 2. The first-order valence-electron chi connectivity index (χ1n) is 19.1. The van der Waals surface area contributed by atoms with E-state index in [4.69, 9.17) is 47.2 Å². The van der Waals surface area contributed by atoms with Crippen molar-refractivity contribution in [3.05, 3.63) is 152 Å². The highest BCUT2D eigenvalue weighted by Gasteiger charge is 2.33.